The average molecular weight is 469 g/mol. The minimum absolute atomic E-state index is 0.353. The number of nitrogens with two attached hydrogens (primary N) is 1. The first kappa shape index (κ1) is 19.7. The van der Waals surface area contributed by atoms with Crippen molar-refractivity contribution < 1.29 is 0 Å². The van der Waals surface area contributed by atoms with E-state index in [1.54, 1.807) is 0 Å². The number of anilines is 2. The van der Waals surface area contributed by atoms with Gasteiger partial charge in [0.15, 0.2) is 0 Å². The normalized spacial score (nSPS) is 10.9. The van der Waals surface area contributed by atoms with E-state index in [2.05, 4.69) is 75.2 Å². The summed E-state index contributed by atoms with van der Waals surface area (Å²) in [6, 6.07) is 12.6. The van der Waals surface area contributed by atoms with Gasteiger partial charge in [0.1, 0.15) is 5.52 Å². The molecular formula is C18H23Br2N5. The Labute approximate surface area is 165 Å². The van der Waals surface area contributed by atoms with Gasteiger partial charge in [-0.2, -0.15) is 0 Å². The maximum atomic E-state index is 5.78. The molecule has 0 atom stereocenters. The number of benzene rings is 2. The maximum Gasteiger partial charge on any atom is 0.114 e. The van der Waals surface area contributed by atoms with E-state index >= 15 is 0 Å². The minimum atomic E-state index is 0.353. The monoisotopic (exact) mass is 467 g/mol. The van der Waals surface area contributed by atoms with Gasteiger partial charge in [-0.05, 0) is 64.1 Å². The fourth-order valence-electron chi connectivity index (χ4n) is 2.27. The number of aromatic nitrogens is 3. The summed E-state index contributed by atoms with van der Waals surface area (Å²) in [6.45, 7) is 8.36. The maximum absolute atomic E-state index is 5.78. The van der Waals surface area contributed by atoms with Crippen LogP contribution in [0, 0.1) is 0 Å². The molecule has 0 aliphatic carbocycles. The summed E-state index contributed by atoms with van der Waals surface area (Å²) in [5, 5.41) is 11.4. The zero-order valence-corrected chi connectivity index (χ0v) is 18.0. The Bertz CT molecular complexity index is 843. The summed E-state index contributed by atoms with van der Waals surface area (Å²) >= 11 is 6.76. The lowest BCUT2D eigenvalue weighted by Gasteiger charge is -2.12. The molecular weight excluding hydrogens is 446 g/mol. The van der Waals surface area contributed by atoms with Crippen molar-refractivity contribution in [2.75, 3.05) is 11.1 Å². The third-order valence-corrected chi connectivity index (χ3v) is 4.37. The van der Waals surface area contributed by atoms with Crippen molar-refractivity contribution in [2.24, 2.45) is 0 Å². The fraction of sp³-hybridized carbons (Fsp3) is 0.333. The van der Waals surface area contributed by atoms with Crippen molar-refractivity contribution in [3.63, 3.8) is 0 Å². The molecule has 25 heavy (non-hydrogen) atoms. The lowest BCUT2D eigenvalue weighted by Crippen LogP contribution is -2.11. The smallest absolute Gasteiger partial charge is 0.114 e. The number of hydrogen-bond acceptors (Lipinski definition) is 4. The molecule has 0 aliphatic heterocycles. The number of rotatable bonds is 3. The quantitative estimate of drug-likeness (QED) is 0.489. The second kappa shape index (κ2) is 8.67. The van der Waals surface area contributed by atoms with Crippen molar-refractivity contribution in [2.45, 2.75) is 39.8 Å². The third kappa shape index (κ3) is 5.44. The lowest BCUT2D eigenvalue weighted by atomic mass is 10.2. The van der Waals surface area contributed by atoms with Crippen molar-refractivity contribution in [3.05, 3.63) is 45.3 Å². The Morgan fingerprint density at radius 2 is 1.64 bits per heavy atom. The van der Waals surface area contributed by atoms with E-state index in [-0.39, 0.29) is 0 Å². The van der Waals surface area contributed by atoms with Gasteiger partial charge in [0, 0.05) is 21.0 Å². The summed E-state index contributed by atoms with van der Waals surface area (Å²) in [6.07, 6.45) is 0. The zero-order valence-electron chi connectivity index (χ0n) is 14.8. The van der Waals surface area contributed by atoms with Gasteiger partial charge in [-0.15, -0.1) is 5.10 Å². The standard InChI is InChI=1S/C9H10BrN3.C9H13BrN2/c1-6(2)13-9-4-3-7(10)5-8(9)11-12-13;1-6(2)12-9-4-3-7(10)5-8(9)11/h3-6H,1-2H3;3-6,12H,11H2,1-2H3. The first-order chi connectivity index (χ1) is 11.8. The average Bonchev–Trinajstić information content (AvgIpc) is 2.93. The molecule has 0 saturated carbocycles. The molecule has 5 nitrogen and oxygen atoms in total. The highest BCUT2D eigenvalue weighted by Gasteiger charge is 2.06. The Hall–Kier alpha value is -1.60. The second-order valence-electron chi connectivity index (χ2n) is 6.29. The molecule has 0 aliphatic rings. The van der Waals surface area contributed by atoms with Crippen LogP contribution in [0.5, 0.6) is 0 Å². The third-order valence-electron chi connectivity index (χ3n) is 3.38. The molecule has 0 radical (unpaired) electrons. The molecule has 0 bridgehead atoms. The van der Waals surface area contributed by atoms with Crippen LogP contribution in [0.25, 0.3) is 11.0 Å². The van der Waals surface area contributed by atoms with Gasteiger partial charge >= 0.3 is 0 Å². The van der Waals surface area contributed by atoms with Gasteiger partial charge in [-0.25, -0.2) is 4.68 Å². The van der Waals surface area contributed by atoms with Crippen LogP contribution in [0.2, 0.25) is 0 Å². The lowest BCUT2D eigenvalue weighted by molar-refractivity contribution is 0.530. The van der Waals surface area contributed by atoms with E-state index in [9.17, 15) is 0 Å². The van der Waals surface area contributed by atoms with Crippen LogP contribution in [0.4, 0.5) is 11.4 Å². The fourth-order valence-corrected chi connectivity index (χ4v) is 3.00. The van der Waals surface area contributed by atoms with E-state index in [1.807, 2.05) is 41.1 Å². The van der Waals surface area contributed by atoms with Crippen LogP contribution < -0.4 is 11.1 Å². The predicted octanol–water partition coefficient (Wildman–Crippen LogP) is 5.63. The molecule has 2 aromatic carbocycles. The molecule has 0 spiro atoms. The molecule has 3 N–H and O–H groups in total. The molecule has 0 saturated heterocycles. The zero-order chi connectivity index (χ0) is 18.6. The first-order valence-corrected chi connectivity index (χ1v) is 9.68. The second-order valence-corrected chi connectivity index (χ2v) is 8.12. The number of nitrogen functional groups attached to an aromatic ring is 1. The molecule has 3 rings (SSSR count). The van der Waals surface area contributed by atoms with Crippen LogP contribution in [0.15, 0.2) is 45.3 Å². The van der Waals surface area contributed by atoms with Crippen LogP contribution in [0.1, 0.15) is 33.7 Å². The van der Waals surface area contributed by atoms with E-state index in [4.69, 9.17) is 5.73 Å². The highest BCUT2D eigenvalue weighted by Crippen LogP contribution is 2.23. The van der Waals surface area contributed by atoms with Gasteiger partial charge in [-0.3, -0.25) is 0 Å². The van der Waals surface area contributed by atoms with Crippen LogP contribution in [0.3, 0.4) is 0 Å². The van der Waals surface area contributed by atoms with E-state index in [1.165, 1.54) is 0 Å². The molecule has 1 aromatic heterocycles. The van der Waals surface area contributed by atoms with Gasteiger partial charge < -0.3 is 11.1 Å². The Morgan fingerprint density at radius 3 is 2.24 bits per heavy atom. The summed E-state index contributed by atoms with van der Waals surface area (Å²) < 4.78 is 3.96. The molecule has 3 aromatic rings. The van der Waals surface area contributed by atoms with Gasteiger partial charge in [0.2, 0.25) is 0 Å². The highest BCUT2D eigenvalue weighted by atomic mass is 79.9. The van der Waals surface area contributed by atoms with Crippen LogP contribution in [-0.2, 0) is 0 Å². The van der Waals surface area contributed by atoms with Gasteiger partial charge in [0.25, 0.3) is 0 Å². The summed E-state index contributed by atoms with van der Waals surface area (Å²) in [4.78, 5) is 0. The van der Waals surface area contributed by atoms with Gasteiger partial charge in [0.05, 0.1) is 16.9 Å². The molecule has 134 valence electrons. The van der Waals surface area contributed by atoms with Crippen LogP contribution >= 0.6 is 31.9 Å². The Kier molecular flexibility index (Phi) is 6.84. The Balaban J connectivity index is 0.000000181. The molecule has 1 heterocycles. The number of nitrogens with one attached hydrogen (secondary N) is 1. The molecule has 0 unspecified atom stereocenters. The number of nitrogens with zero attached hydrogens (tertiary/aromatic N) is 3. The van der Waals surface area contributed by atoms with Crippen molar-refractivity contribution in [1.29, 1.82) is 0 Å². The Morgan fingerprint density at radius 1 is 1.00 bits per heavy atom. The van der Waals surface area contributed by atoms with E-state index < -0.39 is 0 Å². The molecule has 0 amide bonds. The number of hydrogen-bond donors (Lipinski definition) is 2. The largest absolute Gasteiger partial charge is 0.397 e. The van der Waals surface area contributed by atoms with E-state index in [0.29, 0.717) is 12.1 Å². The number of fused-ring (bicyclic) bond motifs is 1. The highest BCUT2D eigenvalue weighted by molar-refractivity contribution is 9.10. The van der Waals surface area contributed by atoms with E-state index in [0.717, 1.165) is 31.4 Å². The summed E-state index contributed by atoms with van der Waals surface area (Å²) in [7, 11) is 0. The molecule has 0 fully saturated rings. The predicted molar refractivity (Wildman–Crippen MR) is 113 cm³/mol. The van der Waals surface area contributed by atoms with Gasteiger partial charge in [-0.1, -0.05) is 37.1 Å². The van der Waals surface area contributed by atoms with Crippen molar-refractivity contribution >= 4 is 54.3 Å². The van der Waals surface area contributed by atoms with Crippen LogP contribution in [-0.4, -0.2) is 21.0 Å². The SMILES string of the molecule is CC(C)Nc1ccc(Br)cc1N.CC(C)n1nnc2cc(Br)ccc21. The van der Waals surface area contributed by atoms with Crippen molar-refractivity contribution in [1.82, 2.24) is 15.0 Å². The minimum Gasteiger partial charge on any atom is -0.397 e. The summed E-state index contributed by atoms with van der Waals surface area (Å²) in [5.41, 5.74) is 9.56. The number of halogens is 2. The van der Waals surface area contributed by atoms with Crippen molar-refractivity contribution in [3.8, 4) is 0 Å². The summed E-state index contributed by atoms with van der Waals surface area (Å²) in [5.74, 6) is 0. The first-order valence-electron chi connectivity index (χ1n) is 8.10. The molecule has 7 heteroatoms. The topological polar surface area (TPSA) is 68.8 Å².